The van der Waals surface area contributed by atoms with E-state index in [-0.39, 0.29) is 23.8 Å². The Bertz CT molecular complexity index is 546. The highest BCUT2D eigenvalue weighted by atomic mass is 16.2. The van der Waals surface area contributed by atoms with Crippen molar-refractivity contribution in [2.24, 2.45) is 11.7 Å². The van der Waals surface area contributed by atoms with E-state index in [0.29, 0.717) is 5.92 Å². The van der Waals surface area contributed by atoms with Crippen LogP contribution >= 0.6 is 0 Å². The Morgan fingerprint density at radius 1 is 1.13 bits per heavy atom. The minimum atomic E-state index is -0.230. The van der Waals surface area contributed by atoms with E-state index in [0.717, 1.165) is 31.6 Å². The van der Waals surface area contributed by atoms with Gasteiger partial charge in [0.1, 0.15) is 0 Å². The zero-order chi connectivity index (χ0) is 17.0. The number of carbonyl (C=O) groups excluding carboxylic acids is 2. The lowest BCUT2D eigenvalue weighted by Crippen LogP contribution is -2.47. The van der Waals surface area contributed by atoms with E-state index >= 15 is 0 Å². The summed E-state index contributed by atoms with van der Waals surface area (Å²) in [5.74, 6) is 0.183. The number of nitrogens with zero attached hydrogens (tertiary/aromatic N) is 1. The van der Waals surface area contributed by atoms with Crippen LogP contribution in [0, 0.1) is 5.92 Å². The summed E-state index contributed by atoms with van der Waals surface area (Å²) in [4.78, 5) is 25.7. The zero-order valence-corrected chi connectivity index (χ0v) is 14.2. The molecule has 0 bridgehead atoms. The number of likely N-dealkylation sites (tertiary alicyclic amines) is 1. The number of hydrogen-bond donors (Lipinski definition) is 2. The minimum absolute atomic E-state index is 0.0141. The Kier molecular flexibility index (Phi) is 5.77. The lowest BCUT2D eigenvalue weighted by atomic mass is 9.95. The number of hydrogen-bond acceptors (Lipinski definition) is 3. The van der Waals surface area contributed by atoms with E-state index in [4.69, 9.17) is 5.73 Å². The molecule has 0 aliphatic carbocycles. The van der Waals surface area contributed by atoms with E-state index in [1.807, 2.05) is 31.2 Å². The number of piperidine rings is 1. The molecule has 1 aromatic rings. The number of nitrogens with one attached hydrogen (secondary N) is 1. The number of primary amides is 1. The molecule has 1 atom stereocenters. The van der Waals surface area contributed by atoms with E-state index in [2.05, 4.69) is 24.1 Å². The van der Waals surface area contributed by atoms with Crippen molar-refractivity contribution in [3.63, 3.8) is 0 Å². The third kappa shape index (κ3) is 4.55. The molecule has 23 heavy (non-hydrogen) atoms. The third-order valence-corrected chi connectivity index (χ3v) is 4.70. The van der Waals surface area contributed by atoms with Crippen LogP contribution in [0.2, 0.25) is 0 Å². The highest BCUT2D eigenvalue weighted by Gasteiger charge is 2.28. The maximum Gasteiger partial charge on any atom is 0.241 e. The first kappa shape index (κ1) is 17.5. The molecule has 1 heterocycles. The lowest BCUT2D eigenvalue weighted by Gasteiger charge is -2.34. The molecule has 1 fully saturated rings. The summed E-state index contributed by atoms with van der Waals surface area (Å²) in [6.07, 6.45) is 1.46. The molecule has 0 radical (unpaired) electrons. The Labute approximate surface area is 138 Å². The van der Waals surface area contributed by atoms with Crippen LogP contribution in [-0.4, -0.2) is 35.8 Å². The van der Waals surface area contributed by atoms with Crippen LogP contribution in [0.15, 0.2) is 24.3 Å². The Morgan fingerprint density at radius 2 is 1.70 bits per heavy atom. The van der Waals surface area contributed by atoms with Gasteiger partial charge in [0, 0.05) is 11.6 Å². The van der Waals surface area contributed by atoms with Gasteiger partial charge in [0.2, 0.25) is 11.8 Å². The molecular formula is C18H27N3O2. The van der Waals surface area contributed by atoms with E-state index < -0.39 is 0 Å². The fourth-order valence-corrected chi connectivity index (χ4v) is 2.94. The van der Waals surface area contributed by atoms with Gasteiger partial charge in [-0.05, 0) is 56.5 Å². The van der Waals surface area contributed by atoms with Crippen LogP contribution in [0.1, 0.15) is 45.1 Å². The molecule has 3 N–H and O–H groups in total. The lowest BCUT2D eigenvalue weighted by molar-refractivity contribution is -0.124. The highest BCUT2D eigenvalue weighted by molar-refractivity contribution is 5.94. The van der Waals surface area contributed by atoms with Crippen LogP contribution in [0.5, 0.6) is 0 Å². The SMILES string of the molecule is CC(C)c1ccc(NC(=O)[C@@H](C)N2CCC(C(N)=O)CC2)cc1. The first-order chi connectivity index (χ1) is 10.9. The number of nitrogens with two attached hydrogens (primary N) is 1. The van der Waals surface area contributed by atoms with Crippen LogP contribution in [-0.2, 0) is 9.59 Å². The molecular weight excluding hydrogens is 290 g/mol. The Morgan fingerprint density at radius 3 is 2.17 bits per heavy atom. The van der Waals surface area contributed by atoms with Crippen molar-refractivity contribution >= 4 is 17.5 Å². The predicted octanol–water partition coefficient (Wildman–Crippen LogP) is 2.33. The van der Waals surface area contributed by atoms with Crippen molar-refractivity contribution in [1.82, 2.24) is 4.90 Å². The van der Waals surface area contributed by atoms with Crippen molar-refractivity contribution in [2.45, 2.75) is 45.6 Å². The number of carbonyl (C=O) groups is 2. The fourth-order valence-electron chi connectivity index (χ4n) is 2.94. The highest BCUT2D eigenvalue weighted by Crippen LogP contribution is 2.20. The topological polar surface area (TPSA) is 75.4 Å². The molecule has 1 aromatic carbocycles. The maximum atomic E-state index is 12.4. The predicted molar refractivity (Wildman–Crippen MR) is 92.1 cm³/mol. The number of amides is 2. The fraction of sp³-hybridized carbons (Fsp3) is 0.556. The first-order valence-electron chi connectivity index (χ1n) is 8.32. The average molecular weight is 317 g/mol. The van der Waals surface area contributed by atoms with Gasteiger partial charge in [-0.15, -0.1) is 0 Å². The molecule has 126 valence electrons. The van der Waals surface area contributed by atoms with Gasteiger partial charge in [0.15, 0.2) is 0 Å². The summed E-state index contributed by atoms with van der Waals surface area (Å²) in [7, 11) is 0. The molecule has 0 saturated carbocycles. The van der Waals surface area contributed by atoms with Crippen molar-refractivity contribution in [3.8, 4) is 0 Å². The Balaban J connectivity index is 1.89. The Hall–Kier alpha value is -1.88. The van der Waals surface area contributed by atoms with Crippen molar-refractivity contribution in [3.05, 3.63) is 29.8 Å². The summed E-state index contributed by atoms with van der Waals surface area (Å²) in [6.45, 7) is 7.65. The summed E-state index contributed by atoms with van der Waals surface area (Å²) in [6, 6.07) is 7.76. The van der Waals surface area contributed by atoms with E-state index in [9.17, 15) is 9.59 Å². The van der Waals surface area contributed by atoms with Gasteiger partial charge in [-0.25, -0.2) is 0 Å². The van der Waals surface area contributed by atoms with Crippen LogP contribution in [0.3, 0.4) is 0 Å². The van der Waals surface area contributed by atoms with Crippen LogP contribution in [0.4, 0.5) is 5.69 Å². The third-order valence-electron chi connectivity index (χ3n) is 4.70. The molecule has 1 aliphatic heterocycles. The van der Waals surface area contributed by atoms with Gasteiger partial charge in [0.25, 0.3) is 0 Å². The van der Waals surface area contributed by atoms with Crippen molar-refractivity contribution in [2.75, 3.05) is 18.4 Å². The van der Waals surface area contributed by atoms with Crippen molar-refractivity contribution in [1.29, 1.82) is 0 Å². The average Bonchev–Trinajstić information content (AvgIpc) is 2.54. The summed E-state index contributed by atoms with van der Waals surface area (Å²) in [5, 5.41) is 2.97. The monoisotopic (exact) mass is 317 g/mol. The maximum absolute atomic E-state index is 12.4. The smallest absolute Gasteiger partial charge is 0.241 e. The number of benzene rings is 1. The summed E-state index contributed by atoms with van der Waals surface area (Å²) >= 11 is 0. The largest absolute Gasteiger partial charge is 0.369 e. The molecule has 0 spiro atoms. The molecule has 2 amide bonds. The summed E-state index contributed by atoms with van der Waals surface area (Å²) < 4.78 is 0. The normalized spacial score (nSPS) is 17.9. The van der Waals surface area contributed by atoms with E-state index in [1.54, 1.807) is 0 Å². The number of rotatable bonds is 5. The van der Waals surface area contributed by atoms with E-state index in [1.165, 1.54) is 5.56 Å². The second-order valence-electron chi connectivity index (χ2n) is 6.65. The molecule has 1 aliphatic rings. The standard InChI is InChI=1S/C18H27N3O2/c1-12(2)14-4-6-16(7-5-14)20-18(23)13(3)21-10-8-15(9-11-21)17(19)22/h4-7,12-13,15H,8-11H2,1-3H3,(H2,19,22)(H,20,23)/t13-/m1/s1. The molecule has 0 aromatic heterocycles. The van der Waals surface area contributed by atoms with Gasteiger partial charge in [0.05, 0.1) is 6.04 Å². The van der Waals surface area contributed by atoms with Gasteiger partial charge < -0.3 is 11.1 Å². The molecule has 2 rings (SSSR count). The van der Waals surface area contributed by atoms with Gasteiger partial charge in [-0.1, -0.05) is 26.0 Å². The minimum Gasteiger partial charge on any atom is -0.369 e. The second-order valence-corrected chi connectivity index (χ2v) is 6.65. The summed E-state index contributed by atoms with van der Waals surface area (Å²) in [5.41, 5.74) is 7.42. The van der Waals surface area contributed by atoms with Crippen LogP contribution in [0.25, 0.3) is 0 Å². The molecule has 5 nitrogen and oxygen atoms in total. The van der Waals surface area contributed by atoms with Crippen LogP contribution < -0.4 is 11.1 Å². The van der Waals surface area contributed by atoms with Gasteiger partial charge >= 0.3 is 0 Å². The first-order valence-corrected chi connectivity index (χ1v) is 8.32. The van der Waals surface area contributed by atoms with Crippen molar-refractivity contribution < 1.29 is 9.59 Å². The second kappa shape index (κ2) is 7.59. The quantitative estimate of drug-likeness (QED) is 0.875. The van der Waals surface area contributed by atoms with Gasteiger partial charge in [-0.3, -0.25) is 14.5 Å². The zero-order valence-electron chi connectivity index (χ0n) is 14.2. The number of anilines is 1. The molecule has 5 heteroatoms. The molecule has 0 unspecified atom stereocenters. The molecule has 1 saturated heterocycles. The van der Waals surface area contributed by atoms with Gasteiger partial charge in [-0.2, -0.15) is 0 Å².